The molecule has 0 atom stereocenters. The normalized spacial score (nSPS) is 10.5. The second-order valence-electron chi connectivity index (χ2n) is 3.17. The predicted octanol–water partition coefficient (Wildman–Crippen LogP) is 1.46. The quantitative estimate of drug-likeness (QED) is 0.649. The van der Waals surface area contributed by atoms with Crippen LogP contribution in [0.15, 0.2) is 18.2 Å². The third-order valence-electron chi connectivity index (χ3n) is 2.17. The number of aromatic amines is 1. The molecule has 0 saturated heterocycles. The van der Waals surface area contributed by atoms with E-state index < -0.39 is 5.97 Å². The Bertz CT molecular complexity index is 531. The zero-order valence-corrected chi connectivity index (χ0v) is 8.07. The standard InChI is InChI=1S/C10H10N2O3/c1-15-9-3-5(11)2-7-6(9)4-8(12-7)10(13)14/h2-4,12H,11H2,1H3,(H,13,14). The fraction of sp³-hybridized carbons (Fsp3) is 0.100. The number of nitrogen functional groups attached to an aromatic ring is 1. The molecule has 0 fully saturated rings. The number of ether oxygens (including phenoxy) is 1. The molecule has 0 unspecified atom stereocenters. The minimum absolute atomic E-state index is 0.119. The van der Waals surface area contributed by atoms with Crippen molar-refractivity contribution in [1.29, 1.82) is 0 Å². The molecule has 0 radical (unpaired) electrons. The zero-order valence-electron chi connectivity index (χ0n) is 8.07. The lowest BCUT2D eigenvalue weighted by Crippen LogP contribution is -1.94. The summed E-state index contributed by atoms with van der Waals surface area (Å²) in [6, 6.07) is 4.85. The molecule has 1 aromatic heterocycles. The maximum absolute atomic E-state index is 10.8. The van der Waals surface area contributed by atoms with Gasteiger partial charge in [0.15, 0.2) is 0 Å². The molecule has 2 aromatic rings. The molecule has 15 heavy (non-hydrogen) atoms. The lowest BCUT2D eigenvalue weighted by molar-refractivity contribution is 0.0691. The van der Waals surface area contributed by atoms with Gasteiger partial charge in [-0.3, -0.25) is 0 Å². The third-order valence-corrected chi connectivity index (χ3v) is 2.17. The van der Waals surface area contributed by atoms with Crippen molar-refractivity contribution in [3.63, 3.8) is 0 Å². The van der Waals surface area contributed by atoms with Gasteiger partial charge >= 0.3 is 5.97 Å². The fourth-order valence-electron chi connectivity index (χ4n) is 1.51. The van der Waals surface area contributed by atoms with Gasteiger partial charge < -0.3 is 20.6 Å². The van der Waals surface area contributed by atoms with Crippen LogP contribution in [0.3, 0.4) is 0 Å². The molecule has 78 valence electrons. The van der Waals surface area contributed by atoms with Crippen molar-refractivity contribution >= 4 is 22.6 Å². The lowest BCUT2D eigenvalue weighted by Gasteiger charge is -2.02. The molecule has 0 spiro atoms. The Morgan fingerprint density at radius 3 is 2.80 bits per heavy atom. The Hall–Kier alpha value is -2.17. The van der Waals surface area contributed by atoms with Crippen LogP contribution in [-0.4, -0.2) is 23.2 Å². The van der Waals surface area contributed by atoms with Gasteiger partial charge in [-0.15, -0.1) is 0 Å². The Kier molecular flexibility index (Phi) is 2.00. The van der Waals surface area contributed by atoms with Gasteiger partial charge in [-0.25, -0.2) is 4.79 Å². The topological polar surface area (TPSA) is 88.3 Å². The number of nitrogens with one attached hydrogen (secondary N) is 1. The van der Waals surface area contributed by atoms with Gasteiger partial charge in [0, 0.05) is 17.1 Å². The number of carboxylic acid groups (broad SMARTS) is 1. The van der Waals surface area contributed by atoms with Gasteiger partial charge in [0.2, 0.25) is 0 Å². The summed E-state index contributed by atoms with van der Waals surface area (Å²) in [5.41, 5.74) is 6.94. The Balaban J connectivity index is 2.74. The molecule has 1 heterocycles. The maximum atomic E-state index is 10.8. The molecular formula is C10H10N2O3. The van der Waals surface area contributed by atoms with Gasteiger partial charge in [0.25, 0.3) is 0 Å². The number of anilines is 1. The number of carboxylic acids is 1. The molecule has 0 aliphatic rings. The maximum Gasteiger partial charge on any atom is 0.352 e. The van der Waals surface area contributed by atoms with Crippen LogP contribution in [0.5, 0.6) is 5.75 Å². The van der Waals surface area contributed by atoms with Crippen LogP contribution in [0, 0.1) is 0 Å². The first-order valence-electron chi connectivity index (χ1n) is 4.31. The number of aromatic nitrogens is 1. The summed E-state index contributed by atoms with van der Waals surface area (Å²) < 4.78 is 5.11. The van der Waals surface area contributed by atoms with Crippen molar-refractivity contribution in [2.45, 2.75) is 0 Å². The van der Waals surface area contributed by atoms with Crippen LogP contribution in [0.25, 0.3) is 10.9 Å². The summed E-state index contributed by atoms with van der Waals surface area (Å²) in [4.78, 5) is 13.5. The number of rotatable bonds is 2. The summed E-state index contributed by atoms with van der Waals surface area (Å²) >= 11 is 0. The number of nitrogens with two attached hydrogens (primary N) is 1. The number of aromatic carboxylic acids is 1. The highest BCUT2D eigenvalue weighted by Crippen LogP contribution is 2.29. The van der Waals surface area contributed by atoms with E-state index in [1.807, 2.05) is 0 Å². The number of hydrogen-bond acceptors (Lipinski definition) is 3. The number of H-pyrrole nitrogens is 1. The lowest BCUT2D eigenvalue weighted by atomic mass is 10.2. The van der Waals surface area contributed by atoms with Crippen LogP contribution >= 0.6 is 0 Å². The second kappa shape index (κ2) is 3.20. The van der Waals surface area contributed by atoms with E-state index in [-0.39, 0.29) is 5.69 Å². The van der Waals surface area contributed by atoms with E-state index in [9.17, 15) is 4.79 Å². The van der Waals surface area contributed by atoms with Crippen molar-refractivity contribution in [2.24, 2.45) is 0 Å². The molecule has 0 amide bonds. The molecule has 1 aromatic carbocycles. The first-order valence-corrected chi connectivity index (χ1v) is 4.31. The van der Waals surface area contributed by atoms with Crippen LogP contribution in [0.4, 0.5) is 5.69 Å². The average molecular weight is 206 g/mol. The first-order chi connectivity index (χ1) is 7.11. The van der Waals surface area contributed by atoms with Gasteiger partial charge in [0.1, 0.15) is 11.4 Å². The van der Waals surface area contributed by atoms with Crippen LogP contribution < -0.4 is 10.5 Å². The van der Waals surface area contributed by atoms with Gasteiger partial charge in [-0.2, -0.15) is 0 Å². The molecule has 5 nitrogen and oxygen atoms in total. The molecule has 0 aliphatic heterocycles. The van der Waals surface area contributed by atoms with E-state index >= 15 is 0 Å². The van der Waals surface area contributed by atoms with E-state index in [1.165, 1.54) is 13.2 Å². The van der Waals surface area contributed by atoms with Crippen molar-refractivity contribution in [1.82, 2.24) is 4.98 Å². The summed E-state index contributed by atoms with van der Waals surface area (Å²) in [6.07, 6.45) is 0. The zero-order chi connectivity index (χ0) is 11.0. The van der Waals surface area contributed by atoms with E-state index in [0.29, 0.717) is 22.3 Å². The van der Waals surface area contributed by atoms with E-state index in [2.05, 4.69) is 4.98 Å². The summed E-state index contributed by atoms with van der Waals surface area (Å²) in [5, 5.41) is 9.53. The average Bonchev–Trinajstić information content (AvgIpc) is 2.59. The van der Waals surface area contributed by atoms with E-state index in [1.54, 1.807) is 12.1 Å². The Morgan fingerprint density at radius 2 is 2.20 bits per heavy atom. The summed E-state index contributed by atoms with van der Waals surface area (Å²) in [7, 11) is 1.52. The van der Waals surface area contributed by atoms with Crippen molar-refractivity contribution < 1.29 is 14.6 Å². The van der Waals surface area contributed by atoms with Crippen LogP contribution in [0.2, 0.25) is 0 Å². The van der Waals surface area contributed by atoms with E-state index in [0.717, 1.165) is 0 Å². The first kappa shape index (κ1) is 9.39. The summed E-state index contributed by atoms with van der Waals surface area (Å²) in [6.45, 7) is 0. The Labute approximate surface area is 85.5 Å². The van der Waals surface area contributed by atoms with Gasteiger partial charge in [0.05, 0.1) is 12.6 Å². The minimum atomic E-state index is -1.01. The largest absolute Gasteiger partial charge is 0.496 e. The number of hydrogen-bond donors (Lipinski definition) is 3. The second-order valence-corrected chi connectivity index (χ2v) is 3.17. The molecule has 0 aliphatic carbocycles. The van der Waals surface area contributed by atoms with Gasteiger partial charge in [-0.1, -0.05) is 0 Å². The molecule has 0 saturated carbocycles. The number of methoxy groups -OCH3 is 1. The van der Waals surface area contributed by atoms with Crippen molar-refractivity contribution in [3.05, 3.63) is 23.9 Å². The highest BCUT2D eigenvalue weighted by Gasteiger charge is 2.11. The van der Waals surface area contributed by atoms with Gasteiger partial charge in [-0.05, 0) is 12.1 Å². The summed E-state index contributed by atoms with van der Waals surface area (Å²) in [5.74, 6) is -0.444. The smallest absolute Gasteiger partial charge is 0.352 e. The van der Waals surface area contributed by atoms with Crippen LogP contribution in [0.1, 0.15) is 10.5 Å². The molecule has 4 N–H and O–H groups in total. The monoisotopic (exact) mass is 206 g/mol. The molecular weight excluding hydrogens is 196 g/mol. The number of carbonyl (C=O) groups is 1. The highest BCUT2D eigenvalue weighted by atomic mass is 16.5. The van der Waals surface area contributed by atoms with E-state index in [4.69, 9.17) is 15.6 Å². The number of fused-ring (bicyclic) bond motifs is 1. The number of benzene rings is 1. The molecule has 2 rings (SSSR count). The van der Waals surface area contributed by atoms with Crippen LogP contribution in [-0.2, 0) is 0 Å². The molecule has 5 heteroatoms. The highest BCUT2D eigenvalue weighted by molar-refractivity contribution is 5.97. The van der Waals surface area contributed by atoms with Crippen molar-refractivity contribution in [3.8, 4) is 5.75 Å². The minimum Gasteiger partial charge on any atom is -0.496 e. The SMILES string of the molecule is COc1cc(N)cc2[nH]c(C(=O)O)cc12. The molecule has 0 bridgehead atoms. The predicted molar refractivity (Wildman–Crippen MR) is 56.2 cm³/mol. The fourth-order valence-corrected chi connectivity index (χ4v) is 1.51. The Morgan fingerprint density at radius 1 is 1.47 bits per heavy atom. The third kappa shape index (κ3) is 1.48. The van der Waals surface area contributed by atoms with Crippen molar-refractivity contribution in [2.75, 3.05) is 12.8 Å².